The zero-order chi connectivity index (χ0) is 16.2. The van der Waals surface area contributed by atoms with E-state index in [0.717, 1.165) is 5.52 Å². The minimum Gasteiger partial charge on any atom is -0.507 e. The fraction of sp³-hybridized carbons (Fsp3) is 0.0625. The zero-order valence-corrected chi connectivity index (χ0v) is 12.6. The summed E-state index contributed by atoms with van der Waals surface area (Å²) in [5, 5.41) is 21.1. The molecule has 0 saturated heterocycles. The maximum atomic E-state index is 11.7. The van der Waals surface area contributed by atoms with E-state index in [9.17, 15) is 15.2 Å². The van der Waals surface area contributed by atoms with E-state index in [1.165, 1.54) is 11.3 Å². The quantitative estimate of drug-likeness (QED) is 0.436. The van der Waals surface area contributed by atoms with E-state index >= 15 is 0 Å². The fourth-order valence-electron chi connectivity index (χ4n) is 2.00. The van der Waals surface area contributed by atoms with Gasteiger partial charge in [0.2, 0.25) is 0 Å². The molecule has 0 aliphatic rings. The smallest absolute Gasteiger partial charge is 0.348 e. The second-order valence-electron chi connectivity index (χ2n) is 4.59. The number of aromatic nitrogens is 2. The molecule has 2 N–H and O–H groups in total. The highest BCUT2D eigenvalue weighted by Gasteiger charge is 2.15. The molecule has 0 saturated carbocycles. The minimum atomic E-state index is -0.548. The summed E-state index contributed by atoms with van der Waals surface area (Å²) >= 11 is 1.24. The Morgan fingerprint density at radius 2 is 2.17 bits per heavy atom. The number of allylic oxidation sites excluding steroid dienone is 1. The first-order valence-corrected chi connectivity index (χ1v) is 7.55. The third-order valence-electron chi connectivity index (χ3n) is 3.09. The molecule has 6 nitrogen and oxygen atoms in total. The number of aliphatic hydroxyl groups is 1. The van der Waals surface area contributed by atoms with Crippen molar-refractivity contribution < 1.29 is 14.6 Å². The Bertz CT molecular complexity index is 887. The normalized spacial score (nSPS) is 11.8. The molecule has 0 spiro atoms. The molecule has 0 unspecified atom stereocenters. The molecule has 23 heavy (non-hydrogen) atoms. The van der Waals surface area contributed by atoms with Gasteiger partial charge in [-0.3, -0.25) is 0 Å². The number of imidazole rings is 1. The number of H-pyrrole nitrogens is 1. The number of carbonyl (C=O) groups is 1. The van der Waals surface area contributed by atoms with Gasteiger partial charge in [-0.2, -0.15) is 5.26 Å². The Morgan fingerprint density at radius 3 is 2.87 bits per heavy atom. The topological polar surface area (TPSA) is 99.0 Å². The van der Waals surface area contributed by atoms with Crippen LogP contribution < -0.4 is 0 Å². The number of carbonyl (C=O) groups excluding carboxylic acids is 1. The number of aromatic amines is 1. The number of hydrogen-bond donors (Lipinski definition) is 2. The molecule has 0 radical (unpaired) electrons. The van der Waals surface area contributed by atoms with Crippen LogP contribution in [0, 0.1) is 11.3 Å². The molecule has 0 fully saturated rings. The minimum absolute atomic E-state index is 0.0554. The predicted octanol–water partition coefficient (Wildman–Crippen LogP) is 3.27. The molecule has 7 heteroatoms. The summed E-state index contributed by atoms with van der Waals surface area (Å²) in [7, 11) is 0. The van der Waals surface area contributed by atoms with Crippen LogP contribution in [-0.4, -0.2) is 27.7 Å². The molecule has 2 aromatic heterocycles. The summed E-state index contributed by atoms with van der Waals surface area (Å²) in [6.45, 7) is -0.392. The number of hydrogen-bond acceptors (Lipinski definition) is 6. The van der Waals surface area contributed by atoms with Crippen molar-refractivity contribution in [2.24, 2.45) is 0 Å². The van der Waals surface area contributed by atoms with Crippen molar-refractivity contribution in [3.63, 3.8) is 0 Å². The molecule has 3 rings (SSSR count). The van der Waals surface area contributed by atoms with Crippen molar-refractivity contribution in [3.05, 3.63) is 58.2 Å². The average Bonchev–Trinajstić information content (AvgIpc) is 3.22. The standard InChI is InChI=1S/C16H11N3O3S/c17-8-10(15-18-11-4-1-2-5-12(11)19-15)13(20)9-22-16(21)14-6-3-7-23-14/h1-7,20H,9H2,(H,18,19). The van der Waals surface area contributed by atoms with Gasteiger partial charge < -0.3 is 14.8 Å². The van der Waals surface area contributed by atoms with Crippen LogP contribution in [0.4, 0.5) is 0 Å². The monoisotopic (exact) mass is 325 g/mol. The van der Waals surface area contributed by atoms with E-state index in [4.69, 9.17) is 4.74 Å². The van der Waals surface area contributed by atoms with Crippen molar-refractivity contribution in [2.75, 3.05) is 6.61 Å². The highest BCUT2D eigenvalue weighted by atomic mass is 32.1. The lowest BCUT2D eigenvalue weighted by atomic mass is 10.2. The Morgan fingerprint density at radius 1 is 1.35 bits per heavy atom. The van der Waals surface area contributed by atoms with Crippen LogP contribution in [0.5, 0.6) is 0 Å². The number of ether oxygens (including phenoxy) is 1. The van der Waals surface area contributed by atoms with Crippen molar-refractivity contribution >= 4 is 33.9 Å². The predicted molar refractivity (Wildman–Crippen MR) is 85.9 cm³/mol. The first-order valence-electron chi connectivity index (χ1n) is 6.67. The third-order valence-corrected chi connectivity index (χ3v) is 3.94. The Balaban J connectivity index is 1.82. The second kappa shape index (κ2) is 6.34. The lowest BCUT2D eigenvalue weighted by molar-refractivity contribution is 0.0508. The number of nitrogens with zero attached hydrogens (tertiary/aromatic N) is 2. The summed E-state index contributed by atoms with van der Waals surface area (Å²) in [6, 6.07) is 12.5. The number of rotatable bonds is 4. The summed E-state index contributed by atoms with van der Waals surface area (Å²) < 4.78 is 5.00. The molecule has 0 aliphatic carbocycles. The zero-order valence-electron chi connectivity index (χ0n) is 11.8. The van der Waals surface area contributed by atoms with Crippen LogP contribution >= 0.6 is 11.3 Å². The third kappa shape index (κ3) is 3.07. The van der Waals surface area contributed by atoms with E-state index in [1.54, 1.807) is 23.6 Å². The molecular formula is C16H11N3O3S. The highest BCUT2D eigenvalue weighted by Crippen LogP contribution is 2.19. The number of nitrogens with one attached hydrogen (secondary N) is 1. The molecule has 0 atom stereocenters. The number of benzene rings is 1. The van der Waals surface area contributed by atoms with E-state index in [2.05, 4.69) is 9.97 Å². The Kier molecular flexibility index (Phi) is 4.08. The first kappa shape index (κ1) is 14.8. The summed E-state index contributed by atoms with van der Waals surface area (Å²) in [4.78, 5) is 19.4. The Hall–Kier alpha value is -3.11. The van der Waals surface area contributed by atoms with Crippen LogP contribution in [0.25, 0.3) is 16.6 Å². The van der Waals surface area contributed by atoms with Gasteiger partial charge in [0.05, 0.1) is 11.0 Å². The summed E-state index contributed by atoms with van der Waals surface area (Å²) in [5.74, 6) is -0.664. The van der Waals surface area contributed by atoms with Crippen LogP contribution in [-0.2, 0) is 4.74 Å². The van der Waals surface area contributed by atoms with Gasteiger partial charge in [0.25, 0.3) is 0 Å². The highest BCUT2D eigenvalue weighted by molar-refractivity contribution is 7.11. The summed E-state index contributed by atoms with van der Waals surface area (Å²) in [5.41, 5.74) is 1.37. The summed E-state index contributed by atoms with van der Waals surface area (Å²) in [6.07, 6.45) is 0. The number of fused-ring (bicyclic) bond motifs is 1. The largest absolute Gasteiger partial charge is 0.507 e. The van der Waals surface area contributed by atoms with Crippen molar-refractivity contribution in [1.82, 2.24) is 9.97 Å². The number of esters is 1. The van der Waals surface area contributed by atoms with Gasteiger partial charge in [0, 0.05) is 0 Å². The van der Waals surface area contributed by atoms with Gasteiger partial charge in [0.1, 0.15) is 23.1 Å². The number of para-hydroxylation sites is 2. The SMILES string of the molecule is N#CC(=C(O)COC(=O)c1cccs1)c1nc2ccccc2[nH]1. The lowest BCUT2D eigenvalue weighted by Gasteiger charge is -2.04. The molecule has 114 valence electrons. The van der Waals surface area contributed by atoms with Crippen molar-refractivity contribution in [1.29, 1.82) is 5.26 Å². The molecule has 0 aliphatic heterocycles. The average molecular weight is 325 g/mol. The molecular weight excluding hydrogens is 314 g/mol. The number of nitriles is 1. The van der Waals surface area contributed by atoms with Gasteiger partial charge in [-0.25, -0.2) is 9.78 Å². The van der Waals surface area contributed by atoms with Crippen LogP contribution in [0.3, 0.4) is 0 Å². The van der Waals surface area contributed by atoms with Gasteiger partial charge in [0.15, 0.2) is 11.6 Å². The van der Waals surface area contributed by atoms with Crippen molar-refractivity contribution in [3.8, 4) is 6.07 Å². The maximum Gasteiger partial charge on any atom is 0.348 e. The van der Waals surface area contributed by atoms with E-state index < -0.39 is 12.6 Å². The fourth-order valence-corrected chi connectivity index (χ4v) is 2.61. The number of thiophene rings is 1. The maximum absolute atomic E-state index is 11.7. The van der Waals surface area contributed by atoms with Gasteiger partial charge in [-0.1, -0.05) is 18.2 Å². The van der Waals surface area contributed by atoms with E-state index in [-0.39, 0.29) is 17.2 Å². The van der Waals surface area contributed by atoms with Crippen molar-refractivity contribution in [2.45, 2.75) is 0 Å². The molecule has 0 amide bonds. The second-order valence-corrected chi connectivity index (χ2v) is 5.54. The molecule has 1 aromatic carbocycles. The van der Waals surface area contributed by atoms with Crippen LogP contribution in [0.1, 0.15) is 15.5 Å². The van der Waals surface area contributed by atoms with Crippen LogP contribution in [0.15, 0.2) is 47.5 Å². The van der Waals surface area contributed by atoms with Gasteiger partial charge in [-0.05, 0) is 23.6 Å². The Labute approximate surface area is 135 Å². The van der Waals surface area contributed by atoms with E-state index in [0.29, 0.717) is 10.4 Å². The first-order chi connectivity index (χ1) is 11.2. The molecule has 3 aromatic rings. The lowest BCUT2D eigenvalue weighted by Crippen LogP contribution is -2.08. The van der Waals surface area contributed by atoms with E-state index in [1.807, 2.05) is 24.3 Å². The number of aliphatic hydroxyl groups excluding tert-OH is 1. The van der Waals surface area contributed by atoms with Gasteiger partial charge in [-0.15, -0.1) is 11.3 Å². The molecule has 2 heterocycles. The van der Waals surface area contributed by atoms with Crippen LogP contribution in [0.2, 0.25) is 0 Å². The molecule has 0 bridgehead atoms. The van der Waals surface area contributed by atoms with Gasteiger partial charge >= 0.3 is 5.97 Å².